The van der Waals surface area contributed by atoms with E-state index in [1.54, 1.807) is 42.6 Å². The maximum atomic E-state index is 11.7. The molecule has 0 radical (unpaired) electrons. The van der Waals surface area contributed by atoms with Crippen molar-refractivity contribution >= 4 is 11.6 Å². The maximum absolute atomic E-state index is 11.7. The molecule has 3 aromatic rings. The number of nitrogens with one attached hydrogen (secondary N) is 1. The zero-order valence-electron chi connectivity index (χ0n) is 17.5. The number of nitrogens with zero attached hydrogens (tertiary/aromatic N) is 1. The first-order chi connectivity index (χ1) is 14.9. The monoisotopic (exact) mass is 419 g/mol. The molecule has 1 heterocycles. The highest BCUT2D eigenvalue weighted by atomic mass is 16.5. The van der Waals surface area contributed by atoms with Gasteiger partial charge >= 0.3 is 0 Å². The number of aromatic nitrogens is 1. The zero-order chi connectivity index (χ0) is 22.4. The van der Waals surface area contributed by atoms with Crippen LogP contribution in [0.25, 0.3) is 0 Å². The van der Waals surface area contributed by atoms with Crippen molar-refractivity contribution in [3.05, 3.63) is 77.0 Å². The summed E-state index contributed by atoms with van der Waals surface area (Å²) in [5, 5.41) is 18.1. The number of amidine groups is 1. The third kappa shape index (κ3) is 5.19. The highest BCUT2D eigenvalue weighted by molar-refractivity contribution is 5.97. The van der Waals surface area contributed by atoms with Crippen LogP contribution >= 0.6 is 0 Å². The minimum Gasteiger partial charge on any atom is -0.507 e. The first-order valence-electron chi connectivity index (χ1n) is 9.95. The van der Waals surface area contributed by atoms with Gasteiger partial charge in [0.25, 0.3) is 0 Å². The largest absolute Gasteiger partial charge is 0.507 e. The number of benzene rings is 2. The van der Waals surface area contributed by atoms with E-state index >= 15 is 0 Å². The predicted octanol–water partition coefficient (Wildman–Crippen LogP) is 4.60. The van der Waals surface area contributed by atoms with E-state index in [9.17, 15) is 9.90 Å². The predicted molar refractivity (Wildman–Crippen MR) is 118 cm³/mol. The maximum Gasteiger partial charge on any atom is 0.230 e. The topological polar surface area (TPSA) is 119 Å². The first-order valence-corrected chi connectivity index (χ1v) is 9.95. The molecule has 0 aliphatic rings. The van der Waals surface area contributed by atoms with Gasteiger partial charge in [0.15, 0.2) is 5.78 Å². The molecule has 2 aromatic carbocycles. The summed E-state index contributed by atoms with van der Waals surface area (Å²) in [5.41, 5.74) is 7.83. The number of ether oxygens (including phenoxy) is 2. The van der Waals surface area contributed by atoms with Gasteiger partial charge in [0.05, 0.1) is 11.1 Å². The van der Waals surface area contributed by atoms with Crippen LogP contribution in [0, 0.1) is 5.41 Å². The Morgan fingerprint density at radius 3 is 2.52 bits per heavy atom. The second-order valence-corrected chi connectivity index (χ2v) is 7.05. The van der Waals surface area contributed by atoms with Crippen molar-refractivity contribution in [2.24, 2.45) is 5.73 Å². The van der Waals surface area contributed by atoms with E-state index in [2.05, 4.69) is 4.98 Å². The summed E-state index contributed by atoms with van der Waals surface area (Å²) in [4.78, 5) is 15.8. The van der Waals surface area contributed by atoms with E-state index in [1.807, 2.05) is 19.1 Å². The van der Waals surface area contributed by atoms with Crippen LogP contribution in [0.5, 0.6) is 23.1 Å². The third-order valence-electron chi connectivity index (χ3n) is 4.71. The fourth-order valence-electron chi connectivity index (χ4n) is 3.13. The molecule has 0 atom stereocenters. The SMILES string of the molecule is CCCc1c(OCc2ccc(Oc3ncccc3C(=N)N)cc2)ccc(C(C)=O)c1O. The number of carbonyl (C=O) groups excluding carboxylic acids is 1. The Morgan fingerprint density at radius 1 is 1.13 bits per heavy atom. The Bertz CT molecular complexity index is 1090. The van der Waals surface area contributed by atoms with Crippen molar-refractivity contribution in [3.63, 3.8) is 0 Å². The molecule has 4 N–H and O–H groups in total. The van der Waals surface area contributed by atoms with Crippen molar-refractivity contribution in [2.75, 3.05) is 0 Å². The Morgan fingerprint density at radius 2 is 1.87 bits per heavy atom. The van der Waals surface area contributed by atoms with E-state index < -0.39 is 0 Å². The number of phenols is 1. The average molecular weight is 419 g/mol. The Kier molecular flexibility index (Phi) is 6.87. The van der Waals surface area contributed by atoms with Crippen LogP contribution in [0.1, 0.15) is 47.3 Å². The number of hydrogen-bond acceptors (Lipinski definition) is 6. The number of rotatable bonds is 9. The number of pyridine rings is 1. The van der Waals surface area contributed by atoms with Crippen molar-refractivity contribution in [1.82, 2.24) is 4.98 Å². The lowest BCUT2D eigenvalue weighted by atomic mass is 10.0. The lowest BCUT2D eigenvalue weighted by molar-refractivity contribution is 0.101. The normalized spacial score (nSPS) is 10.5. The summed E-state index contributed by atoms with van der Waals surface area (Å²) in [6.45, 7) is 3.72. The summed E-state index contributed by atoms with van der Waals surface area (Å²) in [6, 6.07) is 13.9. The van der Waals surface area contributed by atoms with Crippen LogP contribution in [-0.4, -0.2) is 21.7 Å². The van der Waals surface area contributed by atoms with Gasteiger partial charge in [0.1, 0.15) is 29.7 Å². The highest BCUT2D eigenvalue weighted by Gasteiger charge is 2.16. The Balaban J connectivity index is 1.72. The van der Waals surface area contributed by atoms with E-state index in [1.165, 1.54) is 6.92 Å². The average Bonchev–Trinajstić information content (AvgIpc) is 2.75. The fourth-order valence-corrected chi connectivity index (χ4v) is 3.13. The van der Waals surface area contributed by atoms with Crippen molar-refractivity contribution in [1.29, 1.82) is 5.41 Å². The molecule has 160 valence electrons. The first kappa shape index (κ1) is 21.8. The summed E-state index contributed by atoms with van der Waals surface area (Å²) in [6.07, 6.45) is 3.00. The minimum absolute atomic E-state index is 0.00719. The Labute approximate surface area is 181 Å². The number of aromatic hydroxyl groups is 1. The molecule has 0 spiro atoms. The number of carbonyl (C=O) groups is 1. The number of nitrogen functional groups attached to an aromatic ring is 1. The molecule has 0 unspecified atom stereocenters. The van der Waals surface area contributed by atoms with Gasteiger partial charge < -0.3 is 20.3 Å². The molecule has 0 fully saturated rings. The van der Waals surface area contributed by atoms with E-state index in [-0.39, 0.29) is 29.9 Å². The molecule has 3 rings (SSSR count). The second-order valence-electron chi connectivity index (χ2n) is 7.05. The van der Waals surface area contributed by atoms with Gasteiger partial charge in [-0.15, -0.1) is 0 Å². The highest BCUT2D eigenvalue weighted by Crippen LogP contribution is 2.33. The molecule has 0 amide bonds. The summed E-state index contributed by atoms with van der Waals surface area (Å²) in [5.74, 6) is 1.08. The number of nitrogens with two attached hydrogens (primary N) is 1. The molecule has 7 heteroatoms. The van der Waals surface area contributed by atoms with Gasteiger partial charge in [0.2, 0.25) is 5.88 Å². The Hall–Kier alpha value is -3.87. The molecule has 1 aromatic heterocycles. The number of hydrogen-bond donors (Lipinski definition) is 3. The molecule has 0 aliphatic carbocycles. The van der Waals surface area contributed by atoms with Crippen LogP contribution in [0.3, 0.4) is 0 Å². The van der Waals surface area contributed by atoms with Gasteiger partial charge in [-0.3, -0.25) is 10.2 Å². The van der Waals surface area contributed by atoms with Gasteiger partial charge in [-0.25, -0.2) is 4.98 Å². The van der Waals surface area contributed by atoms with Gasteiger partial charge in [-0.2, -0.15) is 0 Å². The summed E-state index contributed by atoms with van der Waals surface area (Å²) >= 11 is 0. The molecule has 31 heavy (non-hydrogen) atoms. The second kappa shape index (κ2) is 9.75. The van der Waals surface area contributed by atoms with Crippen LogP contribution < -0.4 is 15.2 Å². The summed E-state index contributed by atoms with van der Waals surface area (Å²) in [7, 11) is 0. The van der Waals surface area contributed by atoms with Gasteiger partial charge in [0, 0.05) is 11.8 Å². The number of Topliss-reactive ketones (excluding diaryl/α,β-unsaturated/α-hetero) is 1. The molecular formula is C24H25N3O4. The smallest absolute Gasteiger partial charge is 0.230 e. The zero-order valence-corrected chi connectivity index (χ0v) is 17.5. The van der Waals surface area contributed by atoms with Crippen molar-refractivity contribution in [3.8, 4) is 23.1 Å². The quantitative estimate of drug-likeness (QED) is 0.265. The van der Waals surface area contributed by atoms with Crippen LogP contribution in [0.2, 0.25) is 0 Å². The minimum atomic E-state index is -0.183. The van der Waals surface area contributed by atoms with Crippen LogP contribution in [0.4, 0.5) is 0 Å². The van der Waals surface area contributed by atoms with Crippen LogP contribution in [0.15, 0.2) is 54.7 Å². The van der Waals surface area contributed by atoms with E-state index in [0.29, 0.717) is 34.6 Å². The number of phenolic OH excluding ortho intramolecular Hbond substituents is 1. The molecular weight excluding hydrogens is 394 g/mol. The molecule has 0 saturated carbocycles. The standard InChI is InChI=1S/C24H25N3O4/c1-3-5-19-21(12-11-18(15(2)28)22(19)29)30-14-16-7-9-17(10-8-16)31-24-20(23(25)26)6-4-13-27-24/h4,6-13,29H,3,5,14H2,1-2H3,(H3,25,26). The van der Waals surface area contributed by atoms with E-state index in [4.69, 9.17) is 20.6 Å². The lowest BCUT2D eigenvalue weighted by Gasteiger charge is -2.15. The molecule has 0 saturated heterocycles. The molecule has 0 bridgehead atoms. The fraction of sp³-hybridized carbons (Fsp3) is 0.208. The molecule has 7 nitrogen and oxygen atoms in total. The van der Waals surface area contributed by atoms with Crippen molar-refractivity contribution in [2.45, 2.75) is 33.3 Å². The molecule has 0 aliphatic heterocycles. The van der Waals surface area contributed by atoms with E-state index in [0.717, 1.165) is 12.0 Å². The number of ketones is 1. The van der Waals surface area contributed by atoms with Gasteiger partial charge in [-0.1, -0.05) is 25.5 Å². The summed E-state index contributed by atoms with van der Waals surface area (Å²) < 4.78 is 11.7. The van der Waals surface area contributed by atoms with Crippen molar-refractivity contribution < 1.29 is 19.4 Å². The van der Waals surface area contributed by atoms with Gasteiger partial charge in [-0.05, 0) is 55.3 Å². The lowest BCUT2D eigenvalue weighted by Crippen LogP contribution is -2.12. The van der Waals surface area contributed by atoms with Crippen LogP contribution in [-0.2, 0) is 13.0 Å². The third-order valence-corrected chi connectivity index (χ3v) is 4.71.